The monoisotopic (exact) mass is 343 g/mol. The number of carbonyl (C=O) groups excluding carboxylic acids is 1. The highest BCUT2D eigenvalue weighted by molar-refractivity contribution is 5.93. The number of aliphatic hydroxyl groups is 1. The summed E-state index contributed by atoms with van der Waals surface area (Å²) in [6, 6.07) is 0. The molecule has 1 amide bonds. The predicted octanol–water partition coefficient (Wildman–Crippen LogP) is 4.76. The zero-order valence-corrected chi connectivity index (χ0v) is 16.4. The fourth-order valence-electron chi connectivity index (χ4n) is 3.35. The van der Waals surface area contributed by atoms with Crippen molar-refractivity contribution >= 4 is 5.91 Å². The summed E-state index contributed by atoms with van der Waals surface area (Å²) < 4.78 is 0. The number of amides is 1. The molecule has 3 nitrogen and oxygen atoms in total. The Hall–Kier alpha value is -1.87. The molecule has 3 heteroatoms. The van der Waals surface area contributed by atoms with Crippen molar-refractivity contribution in [3.63, 3.8) is 0 Å². The molecule has 1 aliphatic rings. The lowest BCUT2D eigenvalue weighted by Gasteiger charge is -2.32. The molecule has 0 aromatic heterocycles. The van der Waals surface area contributed by atoms with E-state index >= 15 is 0 Å². The van der Waals surface area contributed by atoms with Crippen LogP contribution in [0.1, 0.15) is 60.3 Å². The number of carbonyl (C=O) groups is 1. The van der Waals surface area contributed by atoms with Crippen molar-refractivity contribution in [2.75, 3.05) is 6.61 Å². The summed E-state index contributed by atoms with van der Waals surface area (Å²) in [5, 5.41) is 9.01. The normalized spacial score (nSPS) is 19.7. The maximum Gasteiger partial charge on any atom is 0.244 e. The summed E-state index contributed by atoms with van der Waals surface area (Å²) in [4.78, 5) is 11.4. The topological polar surface area (TPSA) is 63.3 Å². The lowest BCUT2D eigenvalue weighted by Crippen LogP contribution is -2.19. The van der Waals surface area contributed by atoms with Crippen LogP contribution in [0, 0.1) is 5.41 Å². The standard InChI is InChI=1S/C22H33NO2/c1-16(8-6-9-17(2)19(13-15-24)21(23)25)11-12-20-18(3)10-7-14-22(20,4)5/h6,8-9,11-12,24H,7,10,13-15H2,1-5H3,(H2,23,25)/b9-6+,12-11+,16-8+,19-17+. The van der Waals surface area contributed by atoms with Crippen molar-refractivity contribution in [3.05, 3.63) is 58.2 Å². The molecular formula is C22H33NO2. The highest BCUT2D eigenvalue weighted by Crippen LogP contribution is 2.40. The second kappa shape index (κ2) is 9.57. The van der Waals surface area contributed by atoms with Gasteiger partial charge in [0.15, 0.2) is 0 Å². The Morgan fingerprint density at radius 3 is 2.52 bits per heavy atom. The average Bonchev–Trinajstić information content (AvgIpc) is 2.51. The predicted molar refractivity (Wildman–Crippen MR) is 106 cm³/mol. The summed E-state index contributed by atoms with van der Waals surface area (Å²) in [5.41, 5.74) is 11.0. The van der Waals surface area contributed by atoms with Gasteiger partial charge in [-0.3, -0.25) is 4.79 Å². The molecule has 0 heterocycles. The molecule has 0 bridgehead atoms. The van der Waals surface area contributed by atoms with Gasteiger partial charge in [0, 0.05) is 18.6 Å². The van der Waals surface area contributed by atoms with Gasteiger partial charge in [0.25, 0.3) is 0 Å². The summed E-state index contributed by atoms with van der Waals surface area (Å²) in [7, 11) is 0. The van der Waals surface area contributed by atoms with Crippen LogP contribution < -0.4 is 5.73 Å². The van der Waals surface area contributed by atoms with Gasteiger partial charge in [0.05, 0.1) is 0 Å². The van der Waals surface area contributed by atoms with Crippen molar-refractivity contribution in [1.82, 2.24) is 0 Å². The Bertz CT molecular complexity index is 643. The van der Waals surface area contributed by atoms with Crippen molar-refractivity contribution in [2.45, 2.75) is 60.3 Å². The number of rotatable bonds is 7. The summed E-state index contributed by atoms with van der Waals surface area (Å²) >= 11 is 0. The van der Waals surface area contributed by atoms with Crippen molar-refractivity contribution in [2.24, 2.45) is 11.1 Å². The van der Waals surface area contributed by atoms with E-state index in [2.05, 4.69) is 39.8 Å². The molecule has 138 valence electrons. The van der Waals surface area contributed by atoms with Crippen molar-refractivity contribution in [3.8, 4) is 0 Å². The van der Waals surface area contributed by atoms with Crippen LogP contribution in [0.4, 0.5) is 0 Å². The molecule has 0 unspecified atom stereocenters. The minimum Gasteiger partial charge on any atom is -0.396 e. The minimum atomic E-state index is -0.473. The largest absolute Gasteiger partial charge is 0.396 e. The van der Waals surface area contributed by atoms with Gasteiger partial charge in [0.1, 0.15) is 0 Å². The number of allylic oxidation sites excluding steroid dienone is 9. The van der Waals surface area contributed by atoms with Crippen molar-refractivity contribution < 1.29 is 9.90 Å². The quantitative estimate of drug-likeness (QED) is 0.517. The second-order valence-corrected chi connectivity index (χ2v) is 7.53. The molecule has 0 saturated carbocycles. The third-order valence-electron chi connectivity index (χ3n) is 4.90. The summed E-state index contributed by atoms with van der Waals surface area (Å²) in [6.07, 6.45) is 14.2. The van der Waals surface area contributed by atoms with Gasteiger partial charge in [-0.15, -0.1) is 0 Å². The lowest BCUT2D eigenvalue weighted by molar-refractivity contribution is -0.114. The summed E-state index contributed by atoms with van der Waals surface area (Å²) in [6.45, 7) is 10.7. The molecule has 3 N–H and O–H groups in total. The van der Waals surface area contributed by atoms with E-state index in [-0.39, 0.29) is 18.4 Å². The van der Waals surface area contributed by atoms with E-state index in [9.17, 15) is 4.79 Å². The maximum absolute atomic E-state index is 11.4. The first-order valence-corrected chi connectivity index (χ1v) is 9.02. The van der Waals surface area contributed by atoms with E-state index in [4.69, 9.17) is 10.8 Å². The molecule has 0 aliphatic heterocycles. The van der Waals surface area contributed by atoms with Gasteiger partial charge < -0.3 is 10.8 Å². The molecule has 0 saturated heterocycles. The van der Waals surface area contributed by atoms with E-state index in [1.165, 1.54) is 30.4 Å². The first-order valence-electron chi connectivity index (χ1n) is 9.02. The lowest BCUT2D eigenvalue weighted by atomic mass is 9.72. The van der Waals surface area contributed by atoms with E-state index in [1.54, 1.807) is 0 Å². The van der Waals surface area contributed by atoms with Crippen LogP contribution in [0.25, 0.3) is 0 Å². The number of aliphatic hydroxyl groups excluding tert-OH is 1. The third kappa shape index (κ3) is 6.50. The highest BCUT2D eigenvalue weighted by atomic mass is 16.3. The van der Waals surface area contributed by atoms with Crippen LogP contribution in [-0.4, -0.2) is 17.6 Å². The highest BCUT2D eigenvalue weighted by Gasteiger charge is 2.26. The zero-order chi connectivity index (χ0) is 19.0. The number of hydrogen-bond acceptors (Lipinski definition) is 2. The Balaban J connectivity index is 2.88. The van der Waals surface area contributed by atoms with E-state index in [1.807, 2.05) is 25.2 Å². The van der Waals surface area contributed by atoms with Gasteiger partial charge in [-0.2, -0.15) is 0 Å². The molecule has 0 spiro atoms. The van der Waals surface area contributed by atoms with E-state index in [0.29, 0.717) is 5.57 Å². The third-order valence-corrected chi connectivity index (χ3v) is 4.90. The number of nitrogens with two attached hydrogens (primary N) is 1. The first-order chi connectivity index (χ1) is 11.7. The van der Waals surface area contributed by atoms with E-state index in [0.717, 1.165) is 11.1 Å². The molecule has 0 aromatic carbocycles. The Morgan fingerprint density at radius 2 is 1.96 bits per heavy atom. The van der Waals surface area contributed by atoms with Crippen LogP contribution in [0.2, 0.25) is 0 Å². The Labute approximate surface area is 152 Å². The molecule has 1 rings (SSSR count). The van der Waals surface area contributed by atoms with Gasteiger partial charge in [-0.25, -0.2) is 0 Å². The minimum absolute atomic E-state index is 0.0781. The van der Waals surface area contributed by atoms with Crippen LogP contribution in [0.3, 0.4) is 0 Å². The molecule has 1 aliphatic carbocycles. The fraction of sp³-hybridized carbons (Fsp3) is 0.500. The molecule has 25 heavy (non-hydrogen) atoms. The second-order valence-electron chi connectivity index (χ2n) is 7.53. The Kier molecular flexibility index (Phi) is 8.11. The van der Waals surface area contributed by atoms with Gasteiger partial charge in [-0.05, 0) is 56.6 Å². The van der Waals surface area contributed by atoms with Crippen LogP contribution in [0.5, 0.6) is 0 Å². The SMILES string of the molecule is CC1=C(/C=C/C(C)=C/C=C/C(C)=C(\CCO)C(N)=O)C(C)(C)CCC1. The maximum atomic E-state index is 11.4. The fourth-order valence-corrected chi connectivity index (χ4v) is 3.35. The average molecular weight is 344 g/mol. The van der Waals surface area contributed by atoms with Gasteiger partial charge in [0.2, 0.25) is 5.91 Å². The van der Waals surface area contributed by atoms with E-state index < -0.39 is 5.91 Å². The van der Waals surface area contributed by atoms with Crippen molar-refractivity contribution in [1.29, 1.82) is 0 Å². The van der Waals surface area contributed by atoms with Crippen LogP contribution in [-0.2, 0) is 4.79 Å². The van der Waals surface area contributed by atoms with Gasteiger partial charge in [-0.1, -0.05) is 55.4 Å². The molecule has 0 aromatic rings. The molecule has 0 radical (unpaired) electrons. The molecule has 0 atom stereocenters. The number of hydrogen-bond donors (Lipinski definition) is 2. The molecular weight excluding hydrogens is 310 g/mol. The summed E-state index contributed by atoms with van der Waals surface area (Å²) in [5.74, 6) is -0.473. The first kappa shape index (κ1) is 21.2. The van der Waals surface area contributed by atoms with Crippen LogP contribution >= 0.6 is 0 Å². The van der Waals surface area contributed by atoms with Gasteiger partial charge >= 0.3 is 0 Å². The number of primary amides is 1. The smallest absolute Gasteiger partial charge is 0.244 e. The Morgan fingerprint density at radius 1 is 1.28 bits per heavy atom. The zero-order valence-electron chi connectivity index (χ0n) is 16.4. The van der Waals surface area contributed by atoms with Crippen LogP contribution in [0.15, 0.2) is 58.2 Å². The molecule has 0 fully saturated rings.